The fraction of sp³-hybridized carbons (Fsp3) is 0.0909. The molecule has 0 atom stereocenters. The first kappa shape index (κ1) is 11.0. The van der Waals surface area contributed by atoms with Gasteiger partial charge in [0, 0.05) is 16.0 Å². The van der Waals surface area contributed by atoms with Crippen molar-refractivity contribution in [1.82, 2.24) is 4.98 Å². The lowest BCUT2D eigenvalue weighted by molar-refractivity contribution is 0.562. The number of hydrogen-bond donors (Lipinski definition) is 0. The first-order valence-corrected chi connectivity index (χ1v) is 5.79. The molecular weight excluding hydrogens is 244 g/mol. The molecule has 1 aromatic heterocycles. The van der Waals surface area contributed by atoms with E-state index in [9.17, 15) is 4.79 Å². The lowest BCUT2D eigenvalue weighted by atomic mass is 10.2. The predicted molar refractivity (Wildman–Crippen MR) is 64.4 cm³/mol. The maximum atomic E-state index is 9.96. The molecule has 3 nitrogen and oxygen atoms in total. The quantitative estimate of drug-likeness (QED) is 0.620. The Bertz CT molecular complexity index is 529. The van der Waals surface area contributed by atoms with Crippen molar-refractivity contribution < 1.29 is 4.79 Å². The van der Waals surface area contributed by atoms with Crippen LogP contribution < -0.4 is 0 Å². The van der Waals surface area contributed by atoms with Gasteiger partial charge in [-0.25, -0.2) is 9.78 Å². The monoisotopic (exact) mass is 250 g/mol. The Morgan fingerprint density at radius 1 is 1.38 bits per heavy atom. The molecular formula is C11H7ClN2OS. The molecule has 0 aliphatic rings. The van der Waals surface area contributed by atoms with E-state index in [1.807, 2.05) is 29.6 Å². The van der Waals surface area contributed by atoms with E-state index in [-0.39, 0.29) is 6.54 Å². The second-order valence-corrected chi connectivity index (χ2v) is 4.35. The first-order valence-electron chi connectivity index (χ1n) is 4.53. The summed E-state index contributed by atoms with van der Waals surface area (Å²) in [7, 11) is 0. The zero-order valence-corrected chi connectivity index (χ0v) is 9.76. The van der Waals surface area contributed by atoms with Crippen LogP contribution >= 0.6 is 22.9 Å². The third kappa shape index (κ3) is 2.55. The molecule has 1 heterocycles. The van der Waals surface area contributed by atoms with Gasteiger partial charge in [-0.05, 0) is 12.1 Å². The van der Waals surface area contributed by atoms with Gasteiger partial charge >= 0.3 is 0 Å². The summed E-state index contributed by atoms with van der Waals surface area (Å²) < 4.78 is 0. The molecule has 0 N–H and O–H groups in total. The zero-order chi connectivity index (χ0) is 11.4. The number of benzene rings is 1. The van der Waals surface area contributed by atoms with Crippen LogP contribution in [-0.2, 0) is 11.3 Å². The van der Waals surface area contributed by atoms with Gasteiger partial charge in [0.05, 0.1) is 12.2 Å². The topological polar surface area (TPSA) is 42.3 Å². The van der Waals surface area contributed by atoms with Crippen molar-refractivity contribution in [2.75, 3.05) is 0 Å². The first-order chi connectivity index (χ1) is 7.79. The van der Waals surface area contributed by atoms with Crippen LogP contribution in [0.25, 0.3) is 10.6 Å². The van der Waals surface area contributed by atoms with Gasteiger partial charge in [0.25, 0.3) is 0 Å². The van der Waals surface area contributed by atoms with E-state index in [1.165, 1.54) is 17.4 Å². The van der Waals surface area contributed by atoms with Crippen LogP contribution in [0.3, 0.4) is 0 Å². The van der Waals surface area contributed by atoms with Gasteiger partial charge in [0.2, 0.25) is 6.08 Å². The maximum Gasteiger partial charge on any atom is 0.235 e. The molecule has 0 amide bonds. The number of halogens is 1. The van der Waals surface area contributed by atoms with Gasteiger partial charge < -0.3 is 0 Å². The summed E-state index contributed by atoms with van der Waals surface area (Å²) in [5.41, 5.74) is 1.79. The SMILES string of the molecule is O=C=NCc1csc(-c2ccc(Cl)cc2)n1. The molecule has 2 aromatic rings. The van der Waals surface area contributed by atoms with Crippen molar-refractivity contribution in [2.24, 2.45) is 4.99 Å². The van der Waals surface area contributed by atoms with E-state index < -0.39 is 0 Å². The zero-order valence-electron chi connectivity index (χ0n) is 8.18. The van der Waals surface area contributed by atoms with Crippen molar-refractivity contribution in [2.45, 2.75) is 6.54 Å². The van der Waals surface area contributed by atoms with Gasteiger partial charge in [-0.3, -0.25) is 0 Å². The molecule has 16 heavy (non-hydrogen) atoms. The Morgan fingerprint density at radius 2 is 2.12 bits per heavy atom. The van der Waals surface area contributed by atoms with Crippen molar-refractivity contribution in [3.05, 3.63) is 40.4 Å². The van der Waals surface area contributed by atoms with Crippen LogP contribution in [-0.4, -0.2) is 11.1 Å². The summed E-state index contributed by atoms with van der Waals surface area (Å²) in [6.45, 7) is 0.285. The minimum atomic E-state index is 0.285. The van der Waals surface area contributed by atoms with Crippen molar-refractivity contribution in [3.8, 4) is 10.6 Å². The van der Waals surface area contributed by atoms with Crippen LogP contribution in [0.4, 0.5) is 0 Å². The fourth-order valence-corrected chi connectivity index (χ4v) is 2.16. The summed E-state index contributed by atoms with van der Waals surface area (Å²) in [6.07, 6.45) is 1.49. The average molecular weight is 251 g/mol. The van der Waals surface area contributed by atoms with Crippen LogP contribution in [0.2, 0.25) is 5.02 Å². The molecule has 0 aliphatic carbocycles. The summed E-state index contributed by atoms with van der Waals surface area (Å²) in [5.74, 6) is 0. The number of hydrogen-bond acceptors (Lipinski definition) is 4. The lowest BCUT2D eigenvalue weighted by Crippen LogP contribution is -1.81. The van der Waals surface area contributed by atoms with Crippen molar-refractivity contribution in [1.29, 1.82) is 0 Å². The molecule has 0 radical (unpaired) electrons. The van der Waals surface area contributed by atoms with Crippen LogP contribution in [0.15, 0.2) is 34.6 Å². The average Bonchev–Trinajstić information content (AvgIpc) is 2.76. The molecule has 0 aliphatic heterocycles. The van der Waals surface area contributed by atoms with Crippen LogP contribution in [0.1, 0.15) is 5.69 Å². The fourth-order valence-electron chi connectivity index (χ4n) is 1.22. The Kier molecular flexibility index (Phi) is 3.47. The largest absolute Gasteiger partial charge is 0.239 e. The van der Waals surface area contributed by atoms with Crippen molar-refractivity contribution in [3.63, 3.8) is 0 Å². The van der Waals surface area contributed by atoms with Gasteiger partial charge in [0.1, 0.15) is 5.01 Å². The highest BCUT2D eigenvalue weighted by molar-refractivity contribution is 7.13. The van der Waals surface area contributed by atoms with Gasteiger partial charge in [-0.15, -0.1) is 11.3 Å². The molecule has 80 valence electrons. The van der Waals surface area contributed by atoms with Crippen molar-refractivity contribution >= 4 is 29.0 Å². The number of isocyanates is 1. The summed E-state index contributed by atoms with van der Waals surface area (Å²) in [5, 5.41) is 3.48. The molecule has 0 unspecified atom stereocenters. The number of aromatic nitrogens is 1. The van der Waals surface area contributed by atoms with E-state index in [0.29, 0.717) is 5.02 Å². The number of nitrogens with zero attached hydrogens (tertiary/aromatic N) is 2. The lowest BCUT2D eigenvalue weighted by Gasteiger charge is -1.95. The number of thiazole rings is 1. The Morgan fingerprint density at radius 3 is 2.81 bits per heavy atom. The minimum Gasteiger partial charge on any atom is -0.239 e. The second-order valence-electron chi connectivity index (χ2n) is 3.06. The summed E-state index contributed by atoms with van der Waals surface area (Å²) in [4.78, 5) is 17.8. The van der Waals surface area contributed by atoms with Gasteiger partial charge in [0.15, 0.2) is 0 Å². The minimum absolute atomic E-state index is 0.285. The molecule has 0 spiro atoms. The van der Waals surface area contributed by atoms with Crippen LogP contribution in [0, 0.1) is 0 Å². The number of rotatable bonds is 3. The normalized spacial score (nSPS) is 9.81. The second kappa shape index (κ2) is 5.03. The predicted octanol–water partition coefficient (Wildman–Crippen LogP) is 3.30. The Labute approximate surface area is 101 Å². The molecule has 0 saturated carbocycles. The van der Waals surface area contributed by atoms with Gasteiger partial charge in [-0.2, -0.15) is 4.99 Å². The smallest absolute Gasteiger partial charge is 0.235 e. The molecule has 0 saturated heterocycles. The van der Waals surface area contributed by atoms with E-state index >= 15 is 0 Å². The van der Waals surface area contributed by atoms with E-state index in [1.54, 1.807) is 0 Å². The Balaban J connectivity index is 2.24. The molecule has 0 fully saturated rings. The molecule has 5 heteroatoms. The number of carbonyl (C=O) groups excluding carboxylic acids is 1. The molecule has 1 aromatic carbocycles. The highest BCUT2D eigenvalue weighted by atomic mass is 35.5. The summed E-state index contributed by atoms with van der Waals surface area (Å²) in [6, 6.07) is 7.46. The van der Waals surface area contributed by atoms with E-state index in [0.717, 1.165) is 16.3 Å². The molecule has 0 bridgehead atoms. The standard InChI is InChI=1S/C11H7ClN2OS/c12-9-3-1-8(2-4-9)11-14-10(6-16-11)5-13-7-15/h1-4,6H,5H2. The maximum absolute atomic E-state index is 9.96. The van der Waals surface area contributed by atoms with E-state index in [4.69, 9.17) is 11.6 Å². The third-order valence-electron chi connectivity index (χ3n) is 1.95. The van der Waals surface area contributed by atoms with E-state index in [2.05, 4.69) is 9.98 Å². The number of aliphatic imine (C=N–C) groups is 1. The molecule has 2 rings (SSSR count). The Hall–Kier alpha value is -1.48. The summed E-state index contributed by atoms with van der Waals surface area (Å²) >= 11 is 7.31. The van der Waals surface area contributed by atoms with Gasteiger partial charge in [-0.1, -0.05) is 23.7 Å². The highest BCUT2D eigenvalue weighted by Gasteiger charge is 2.03. The van der Waals surface area contributed by atoms with Crippen LogP contribution in [0.5, 0.6) is 0 Å². The highest BCUT2D eigenvalue weighted by Crippen LogP contribution is 2.25. The third-order valence-corrected chi connectivity index (χ3v) is 3.14.